The molecule has 1 aromatic carbocycles. The topological polar surface area (TPSA) is 46.5 Å². The highest BCUT2D eigenvalue weighted by molar-refractivity contribution is 5.70. The van der Waals surface area contributed by atoms with Crippen molar-refractivity contribution in [2.24, 2.45) is 5.92 Å². The van der Waals surface area contributed by atoms with E-state index in [-0.39, 0.29) is 5.92 Å². The van der Waals surface area contributed by atoms with Crippen LogP contribution in [0, 0.1) is 5.92 Å². The molecule has 1 fully saturated rings. The zero-order valence-corrected chi connectivity index (χ0v) is 16.4. The predicted molar refractivity (Wildman–Crippen MR) is 107 cm³/mol. The van der Waals surface area contributed by atoms with Gasteiger partial charge in [0.05, 0.1) is 12.5 Å². The lowest BCUT2D eigenvalue weighted by molar-refractivity contribution is -0.142. The van der Waals surface area contributed by atoms with E-state index < -0.39 is 5.97 Å². The average molecular weight is 361 g/mol. The van der Waals surface area contributed by atoms with E-state index in [1.165, 1.54) is 50.5 Å². The summed E-state index contributed by atoms with van der Waals surface area (Å²) in [5, 5.41) is 9.10. The summed E-state index contributed by atoms with van der Waals surface area (Å²) in [7, 11) is 0. The average Bonchev–Trinajstić information content (AvgIpc) is 2.67. The van der Waals surface area contributed by atoms with E-state index in [4.69, 9.17) is 9.84 Å². The van der Waals surface area contributed by atoms with Crippen LogP contribution in [0.25, 0.3) is 0 Å². The molecule has 0 aliphatic heterocycles. The molecule has 0 heterocycles. The van der Waals surface area contributed by atoms with Gasteiger partial charge >= 0.3 is 5.97 Å². The van der Waals surface area contributed by atoms with Crippen molar-refractivity contribution < 1.29 is 14.6 Å². The third-order valence-corrected chi connectivity index (χ3v) is 5.69. The maximum atomic E-state index is 11.1. The number of hydrogen-bond acceptors (Lipinski definition) is 2. The van der Waals surface area contributed by atoms with Crippen LogP contribution in [0.2, 0.25) is 0 Å². The van der Waals surface area contributed by atoms with Crippen molar-refractivity contribution in [1.29, 1.82) is 0 Å². The molecule has 1 aromatic rings. The molecule has 1 aliphatic rings. The van der Waals surface area contributed by atoms with E-state index in [9.17, 15) is 4.79 Å². The van der Waals surface area contributed by atoms with Crippen LogP contribution in [-0.4, -0.2) is 17.7 Å². The quantitative estimate of drug-likeness (QED) is 0.429. The van der Waals surface area contributed by atoms with Gasteiger partial charge in [0, 0.05) is 0 Å². The molecule has 1 saturated carbocycles. The van der Waals surface area contributed by atoms with Gasteiger partial charge in [-0.3, -0.25) is 4.79 Å². The largest absolute Gasteiger partial charge is 0.494 e. The summed E-state index contributed by atoms with van der Waals surface area (Å²) < 4.78 is 5.86. The van der Waals surface area contributed by atoms with Crippen LogP contribution in [0.15, 0.2) is 24.3 Å². The van der Waals surface area contributed by atoms with Gasteiger partial charge in [0.25, 0.3) is 0 Å². The summed E-state index contributed by atoms with van der Waals surface area (Å²) in [5.74, 6) is 0.692. The van der Waals surface area contributed by atoms with Crippen molar-refractivity contribution in [3.05, 3.63) is 29.8 Å². The van der Waals surface area contributed by atoms with Crippen LogP contribution in [0.3, 0.4) is 0 Å². The zero-order chi connectivity index (χ0) is 18.6. The first kappa shape index (κ1) is 20.8. The number of carboxylic acid groups (broad SMARTS) is 1. The van der Waals surface area contributed by atoms with Gasteiger partial charge in [0.15, 0.2) is 0 Å². The molecule has 0 atom stereocenters. The molecule has 0 radical (unpaired) electrons. The van der Waals surface area contributed by atoms with Crippen molar-refractivity contribution in [3.63, 3.8) is 0 Å². The van der Waals surface area contributed by atoms with Gasteiger partial charge in [-0.25, -0.2) is 0 Å². The molecular formula is C23H36O3. The van der Waals surface area contributed by atoms with E-state index in [1.807, 2.05) is 0 Å². The van der Waals surface area contributed by atoms with Crippen molar-refractivity contribution in [2.75, 3.05) is 6.61 Å². The number of rotatable bonds is 12. The second-order valence-electron chi connectivity index (χ2n) is 7.78. The molecular weight excluding hydrogens is 324 g/mol. The highest BCUT2D eigenvalue weighted by Gasteiger charge is 2.26. The van der Waals surface area contributed by atoms with E-state index >= 15 is 0 Å². The van der Waals surface area contributed by atoms with Gasteiger partial charge < -0.3 is 9.84 Å². The van der Waals surface area contributed by atoms with Gasteiger partial charge in [-0.2, -0.15) is 0 Å². The first-order chi connectivity index (χ1) is 12.7. The molecule has 1 N–H and O–H groups in total. The molecule has 0 unspecified atom stereocenters. The molecule has 3 nitrogen and oxygen atoms in total. The minimum atomic E-state index is -0.631. The van der Waals surface area contributed by atoms with Crippen LogP contribution in [0.4, 0.5) is 0 Å². The van der Waals surface area contributed by atoms with Gasteiger partial charge in [0.1, 0.15) is 5.75 Å². The molecule has 1 aliphatic carbocycles. The lowest BCUT2D eigenvalue weighted by Crippen LogP contribution is -2.20. The summed E-state index contributed by atoms with van der Waals surface area (Å²) in [4.78, 5) is 11.1. The fraction of sp³-hybridized carbons (Fsp3) is 0.696. The standard InChI is InChI=1S/C23H36O3/c1-2-3-4-5-6-7-8-9-18-26-22-16-14-20(15-17-22)19-10-12-21(13-11-19)23(24)25/h14-17,19,21H,2-13,18H2,1H3,(H,24,25)/t19-,21-. The summed E-state index contributed by atoms with van der Waals surface area (Å²) in [5.41, 5.74) is 1.33. The Bertz CT molecular complexity index is 501. The first-order valence-electron chi connectivity index (χ1n) is 10.7. The van der Waals surface area contributed by atoms with E-state index in [0.717, 1.165) is 44.5 Å². The molecule has 0 saturated heterocycles. The molecule has 26 heavy (non-hydrogen) atoms. The minimum Gasteiger partial charge on any atom is -0.494 e. The van der Waals surface area contributed by atoms with Crippen LogP contribution < -0.4 is 4.74 Å². The predicted octanol–water partition coefficient (Wildman–Crippen LogP) is 6.56. The van der Waals surface area contributed by atoms with Crippen molar-refractivity contribution >= 4 is 5.97 Å². The second-order valence-corrected chi connectivity index (χ2v) is 7.78. The van der Waals surface area contributed by atoms with Crippen LogP contribution in [0.5, 0.6) is 5.75 Å². The van der Waals surface area contributed by atoms with Crippen LogP contribution >= 0.6 is 0 Å². The normalized spacial score (nSPS) is 20.0. The Labute approximate surface area is 159 Å². The zero-order valence-electron chi connectivity index (χ0n) is 16.4. The highest BCUT2D eigenvalue weighted by Crippen LogP contribution is 2.36. The number of hydrogen-bond donors (Lipinski definition) is 1. The molecule has 0 bridgehead atoms. The summed E-state index contributed by atoms with van der Waals surface area (Å²) >= 11 is 0. The van der Waals surface area contributed by atoms with Crippen LogP contribution in [0.1, 0.15) is 95.5 Å². The van der Waals surface area contributed by atoms with Crippen LogP contribution in [-0.2, 0) is 4.79 Å². The maximum Gasteiger partial charge on any atom is 0.306 e. The third kappa shape index (κ3) is 7.39. The van der Waals surface area contributed by atoms with Crippen molar-refractivity contribution in [3.8, 4) is 5.75 Å². The van der Waals surface area contributed by atoms with E-state index in [1.54, 1.807) is 0 Å². The number of aliphatic carboxylic acids is 1. The molecule has 146 valence electrons. The fourth-order valence-electron chi connectivity index (χ4n) is 3.94. The maximum absolute atomic E-state index is 11.1. The van der Waals surface area contributed by atoms with E-state index in [0.29, 0.717) is 5.92 Å². The molecule has 0 aromatic heterocycles. The highest BCUT2D eigenvalue weighted by atomic mass is 16.5. The Kier molecular flexibility index (Phi) is 9.58. The van der Waals surface area contributed by atoms with E-state index in [2.05, 4.69) is 31.2 Å². The molecule has 3 heteroatoms. The van der Waals surface area contributed by atoms with Gasteiger partial charge in [-0.1, -0.05) is 64.0 Å². The molecule has 0 amide bonds. The minimum absolute atomic E-state index is 0.138. The molecule has 2 rings (SSSR count). The Morgan fingerprint density at radius 2 is 1.50 bits per heavy atom. The van der Waals surface area contributed by atoms with Gasteiger partial charge in [0.2, 0.25) is 0 Å². The Hall–Kier alpha value is -1.51. The Balaban J connectivity index is 1.59. The second kappa shape index (κ2) is 12.0. The Morgan fingerprint density at radius 1 is 0.923 bits per heavy atom. The number of carboxylic acids is 1. The SMILES string of the molecule is CCCCCCCCCCOc1ccc([C@H]2CC[C@H](C(=O)O)CC2)cc1. The van der Waals surface area contributed by atoms with Crippen molar-refractivity contribution in [2.45, 2.75) is 89.9 Å². The lowest BCUT2D eigenvalue weighted by Gasteiger charge is -2.26. The summed E-state index contributed by atoms with van der Waals surface area (Å²) in [6.07, 6.45) is 14.1. The molecule has 0 spiro atoms. The number of benzene rings is 1. The number of carbonyl (C=O) groups is 1. The fourth-order valence-corrected chi connectivity index (χ4v) is 3.94. The number of unbranched alkanes of at least 4 members (excludes halogenated alkanes) is 7. The smallest absolute Gasteiger partial charge is 0.306 e. The first-order valence-corrected chi connectivity index (χ1v) is 10.7. The number of ether oxygens (including phenoxy) is 1. The lowest BCUT2D eigenvalue weighted by atomic mass is 9.79. The van der Waals surface area contributed by atoms with Crippen molar-refractivity contribution in [1.82, 2.24) is 0 Å². The Morgan fingerprint density at radius 3 is 2.08 bits per heavy atom. The monoisotopic (exact) mass is 360 g/mol. The third-order valence-electron chi connectivity index (χ3n) is 5.69. The summed E-state index contributed by atoms with van der Waals surface area (Å²) in [6.45, 7) is 3.06. The van der Waals surface area contributed by atoms with Gasteiger partial charge in [-0.05, 0) is 55.7 Å². The van der Waals surface area contributed by atoms with Gasteiger partial charge in [-0.15, -0.1) is 0 Å². The summed E-state index contributed by atoms with van der Waals surface area (Å²) in [6, 6.07) is 8.47.